The summed E-state index contributed by atoms with van der Waals surface area (Å²) in [6.45, 7) is 4.35. The summed E-state index contributed by atoms with van der Waals surface area (Å²) >= 11 is 0. The number of halogens is 1. The highest BCUT2D eigenvalue weighted by Crippen LogP contribution is 2.33. The molecule has 0 aliphatic rings. The van der Waals surface area contributed by atoms with Gasteiger partial charge in [-0.2, -0.15) is 4.39 Å². The van der Waals surface area contributed by atoms with E-state index in [0.717, 1.165) is 27.5 Å². The lowest BCUT2D eigenvalue weighted by Crippen LogP contribution is -2.28. The summed E-state index contributed by atoms with van der Waals surface area (Å²) < 4.78 is 18.5. The lowest BCUT2D eigenvalue weighted by atomic mass is 9.94. The average molecular weight is 411 g/mol. The van der Waals surface area contributed by atoms with E-state index in [9.17, 15) is 14.0 Å². The molecule has 2 aromatic heterocycles. The van der Waals surface area contributed by atoms with Crippen molar-refractivity contribution in [3.63, 3.8) is 0 Å². The normalized spacial score (nSPS) is 10.5. The highest BCUT2D eigenvalue weighted by molar-refractivity contribution is 6.01. The van der Waals surface area contributed by atoms with Crippen molar-refractivity contribution in [1.82, 2.24) is 20.6 Å². The van der Waals surface area contributed by atoms with Crippen LogP contribution < -0.4 is 16.0 Å². The molecule has 3 N–H and O–H groups in total. The Labute approximate surface area is 172 Å². The summed E-state index contributed by atoms with van der Waals surface area (Å²) in [5, 5.41) is 9.47. The molecule has 0 bridgehead atoms. The molecule has 0 fully saturated rings. The van der Waals surface area contributed by atoms with Gasteiger partial charge in [0.25, 0.3) is 0 Å². The SMILES string of the molecule is CCNC(=O)Nc1cc2c(-c3cc(F)ncc3C)ccc(CNC(=O)OC)c2cn1. The van der Waals surface area contributed by atoms with Gasteiger partial charge in [0.1, 0.15) is 5.82 Å². The summed E-state index contributed by atoms with van der Waals surface area (Å²) in [4.78, 5) is 31.4. The number of nitrogens with zero attached hydrogens (tertiary/aromatic N) is 2. The first-order chi connectivity index (χ1) is 14.4. The van der Waals surface area contributed by atoms with Gasteiger partial charge in [0.15, 0.2) is 0 Å². The zero-order chi connectivity index (χ0) is 21.7. The number of carbonyl (C=O) groups excluding carboxylic acids is 2. The minimum Gasteiger partial charge on any atom is -0.453 e. The van der Waals surface area contributed by atoms with Crippen LogP contribution >= 0.6 is 0 Å². The van der Waals surface area contributed by atoms with Gasteiger partial charge in [-0.1, -0.05) is 12.1 Å². The number of pyridine rings is 2. The molecule has 0 radical (unpaired) electrons. The van der Waals surface area contributed by atoms with Crippen molar-refractivity contribution in [2.45, 2.75) is 20.4 Å². The number of aryl methyl sites for hydroxylation is 1. The second kappa shape index (κ2) is 9.17. The van der Waals surface area contributed by atoms with Crippen molar-refractivity contribution in [1.29, 1.82) is 0 Å². The van der Waals surface area contributed by atoms with E-state index in [-0.39, 0.29) is 12.6 Å². The Balaban J connectivity index is 2.13. The molecule has 0 aliphatic carbocycles. The Morgan fingerprint density at radius 1 is 1.07 bits per heavy atom. The minimum atomic E-state index is -0.588. The van der Waals surface area contributed by atoms with E-state index in [1.165, 1.54) is 19.4 Å². The summed E-state index contributed by atoms with van der Waals surface area (Å²) in [6.07, 6.45) is 2.53. The second-order valence-corrected chi connectivity index (χ2v) is 6.54. The number of ether oxygens (including phenoxy) is 1. The number of anilines is 1. The molecule has 156 valence electrons. The lowest BCUT2D eigenvalue weighted by Gasteiger charge is -2.15. The number of carbonyl (C=O) groups is 2. The molecular formula is C21H22FN5O3. The molecule has 0 saturated heterocycles. The summed E-state index contributed by atoms with van der Waals surface area (Å²) in [5.41, 5.74) is 3.03. The van der Waals surface area contributed by atoms with E-state index < -0.39 is 12.0 Å². The molecule has 0 spiro atoms. The standard InChI is InChI=1S/C21H22FN5O3/c1-4-23-20(28)27-19-8-16-14(15-7-18(22)24-9-12(15)2)6-5-13(17(16)11-25-19)10-26-21(29)30-3/h5-9,11H,4,10H2,1-3H3,(H,26,29)(H2,23,25,27,28). The van der Waals surface area contributed by atoms with Crippen molar-refractivity contribution >= 4 is 28.7 Å². The fourth-order valence-corrected chi connectivity index (χ4v) is 3.10. The Hall–Kier alpha value is -3.75. The van der Waals surface area contributed by atoms with Crippen molar-refractivity contribution in [2.24, 2.45) is 0 Å². The smallest absolute Gasteiger partial charge is 0.407 e. The number of amides is 3. The van der Waals surface area contributed by atoms with Gasteiger partial charge < -0.3 is 15.4 Å². The average Bonchev–Trinajstić information content (AvgIpc) is 2.73. The zero-order valence-corrected chi connectivity index (χ0v) is 16.9. The molecule has 3 rings (SSSR count). The minimum absolute atomic E-state index is 0.220. The third kappa shape index (κ3) is 4.62. The van der Waals surface area contributed by atoms with Crippen LogP contribution in [0.4, 0.5) is 19.8 Å². The lowest BCUT2D eigenvalue weighted by molar-refractivity contribution is 0.170. The Bertz CT molecular complexity index is 1100. The summed E-state index contributed by atoms with van der Waals surface area (Å²) in [7, 11) is 1.29. The van der Waals surface area contributed by atoms with Crippen molar-refractivity contribution in [3.05, 3.63) is 53.7 Å². The van der Waals surface area contributed by atoms with E-state index in [1.807, 2.05) is 26.0 Å². The molecule has 0 unspecified atom stereocenters. The third-order valence-corrected chi connectivity index (χ3v) is 4.54. The third-order valence-electron chi connectivity index (χ3n) is 4.54. The van der Waals surface area contributed by atoms with Crippen LogP contribution in [0.2, 0.25) is 0 Å². The van der Waals surface area contributed by atoms with Crippen molar-refractivity contribution in [2.75, 3.05) is 19.0 Å². The number of urea groups is 1. The molecule has 1 aromatic carbocycles. The van der Waals surface area contributed by atoms with E-state index in [0.29, 0.717) is 17.9 Å². The Morgan fingerprint density at radius 3 is 2.60 bits per heavy atom. The number of hydrogen-bond donors (Lipinski definition) is 3. The summed E-state index contributed by atoms with van der Waals surface area (Å²) in [5.74, 6) is -0.241. The maximum atomic E-state index is 13.8. The fraction of sp³-hybridized carbons (Fsp3) is 0.238. The number of methoxy groups -OCH3 is 1. The number of alkyl carbamates (subject to hydrolysis) is 1. The van der Waals surface area contributed by atoms with Crippen LogP contribution in [0.5, 0.6) is 0 Å². The van der Waals surface area contributed by atoms with Crippen LogP contribution in [-0.2, 0) is 11.3 Å². The number of nitrogens with one attached hydrogen (secondary N) is 3. The monoisotopic (exact) mass is 411 g/mol. The number of aromatic nitrogens is 2. The first-order valence-electron chi connectivity index (χ1n) is 9.33. The largest absolute Gasteiger partial charge is 0.453 e. The molecule has 3 amide bonds. The molecular weight excluding hydrogens is 389 g/mol. The van der Waals surface area contributed by atoms with Crippen molar-refractivity contribution in [3.8, 4) is 11.1 Å². The fourth-order valence-electron chi connectivity index (χ4n) is 3.10. The van der Waals surface area contributed by atoms with Gasteiger partial charge in [-0.3, -0.25) is 5.32 Å². The topological polar surface area (TPSA) is 105 Å². The second-order valence-electron chi connectivity index (χ2n) is 6.54. The number of hydrogen-bond acceptors (Lipinski definition) is 5. The molecule has 0 aliphatic heterocycles. The molecule has 0 saturated carbocycles. The maximum absolute atomic E-state index is 13.8. The van der Waals surface area contributed by atoms with Gasteiger partial charge >= 0.3 is 12.1 Å². The molecule has 0 atom stereocenters. The van der Waals surface area contributed by atoms with Gasteiger partial charge in [0, 0.05) is 36.9 Å². The Morgan fingerprint density at radius 2 is 1.87 bits per heavy atom. The van der Waals surface area contributed by atoms with E-state index >= 15 is 0 Å². The quantitative estimate of drug-likeness (QED) is 0.555. The van der Waals surface area contributed by atoms with E-state index in [1.54, 1.807) is 12.3 Å². The molecule has 9 heteroatoms. The van der Waals surface area contributed by atoms with Crippen LogP contribution in [0.15, 0.2) is 36.7 Å². The molecule has 30 heavy (non-hydrogen) atoms. The molecule has 8 nitrogen and oxygen atoms in total. The van der Waals surface area contributed by atoms with E-state index in [2.05, 4.69) is 30.7 Å². The number of rotatable bonds is 5. The van der Waals surface area contributed by atoms with Gasteiger partial charge in [0.2, 0.25) is 5.95 Å². The van der Waals surface area contributed by atoms with Gasteiger partial charge in [-0.15, -0.1) is 0 Å². The first-order valence-corrected chi connectivity index (χ1v) is 9.33. The van der Waals surface area contributed by atoms with E-state index in [4.69, 9.17) is 0 Å². The first kappa shape index (κ1) is 21.0. The number of fused-ring (bicyclic) bond motifs is 1. The highest BCUT2D eigenvalue weighted by Gasteiger charge is 2.14. The van der Waals surface area contributed by atoms with Gasteiger partial charge in [-0.25, -0.2) is 19.6 Å². The van der Waals surface area contributed by atoms with Crippen molar-refractivity contribution < 1.29 is 18.7 Å². The predicted octanol–water partition coefficient (Wildman–Crippen LogP) is 3.74. The van der Waals surface area contributed by atoms with Crippen LogP contribution in [0.3, 0.4) is 0 Å². The van der Waals surface area contributed by atoms with Crippen LogP contribution in [0.25, 0.3) is 21.9 Å². The molecule has 2 heterocycles. The van der Waals surface area contributed by atoms with Gasteiger partial charge in [0.05, 0.1) is 7.11 Å². The zero-order valence-electron chi connectivity index (χ0n) is 16.9. The molecule has 3 aromatic rings. The predicted molar refractivity (Wildman–Crippen MR) is 112 cm³/mol. The van der Waals surface area contributed by atoms with Crippen LogP contribution in [-0.4, -0.2) is 35.7 Å². The van der Waals surface area contributed by atoms with Crippen LogP contribution in [0.1, 0.15) is 18.1 Å². The highest BCUT2D eigenvalue weighted by atomic mass is 19.1. The number of benzene rings is 1. The Kier molecular flexibility index (Phi) is 6.41. The van der Waals surface area contributed by atoms with Gasteiger partial charge in [-0.05, 0) is 47.6 Å². The van der Waals surface area contributed by atoms with Crippen LogP contribution in [0, 0.1) is 12.9 Å². The summed E-state index contributed by atoms with van der Waals surface area (Å²) in [6, 6.07) is 6.39. The maximum Gasteiger partial charge on any atom is 0.407 e.